The Morgan fingerprint density at radius 1 is 1.09 bits per heavy atom. The zero-order valence-corrected chi connectivity index (χ0v) is 20.3. The number of nitrogens with one attached hydrogen (secondary N) is 3. The van der Waals surface area contributed by atoms with Gasteiger partial charge in [0.25, 0.3) is 0 Å². The fraction of sp³-hybridized carbons (Fsp3) is 0.409. The van der Waals surface area contributed by atoms with Gasteiger partial charge in [-0.25, -0.2) is 28.8 Å². The lowest BCUT2D eigenvalue weighted by atomic mass is 10.2. The van der Waals surface area contributed by atoms with E-state index in [2.05, 4.69) is 25.7 Å². The molecule has 0 aliphatic rings. The third kappa shape index (κ3) is 6.69. The van der Waals surface area contributed by atoms with Crippen LogP contribution in [0.1, 0.15) is 33.6 Å². The number of para-hydroxylation sites is 1. The summed E-state index contributed by atoms with van der Waals surface area (Å²) in [6.45, 7) is 6.30. The molecule has 0 radical (unpaired) electrons. The highest BCUT2D eigenvalue weighted by molar-refractivity contribution is 7.55. The van der Waals surface area contributed by atoms with Crippen molar-refractivity contribution in [3.8, 4) is 5.75 Å². The first-order valence-electron chi connectivity index (χ1n) is 10.8. The summed E-state index contributed by atoms with van der Waals surface area (Å²) in [5.41, 5.74) is -0.0451. The number of aromatic nitrogens is 3. The molecule has 10 nitrogen and oxygen atoms in total. The monoisotopic (exact) mass is 474 g/mol. The molecule has 3 rings (SSSR count). The Hall–Kier alpha value is -3.10. The fourth-order valence-electron chi connectivity index (χ4n) is 3.10. The molecule has 0 aliphatic heterocycles. The number of ether oxygens (including phenoxy) is 1. The van der Waals surface area contributed by atoms with Crippen LogP contribution in [0.2, 0.25) is 0 Å². The highest BCUT2D eigenvalue weighted by atomic mass is 31.2. The van der Waals surface area contributed by atoms with Gasteiger partial charge in [-0.05, 0) is 51.8 Å². The Bertz CT molecular complexity index is 1110. The van der Waals surface area contributed by atoms with Gasteiger partial charge in [-0.3, -0.25) is 0 Å². The fourth-order valence-corrected chi connectivity index (χ4v) is 4.91. The number of hydrogen-bond acceptors (Lipinski definition) is 7. The normalized spacial score (nSPS) is 13.3. The standard InChI is InChI=1S/C22H31N6O4P/c1-22(2,3)31-21(29)24-13-8-9-14-27-33(30,32-17-10-6-5-7-11-17)28-15-12-18-19(23-4)25-16-26-20(18)28/h5-7,10-12,15-16H,8-9,13-14H2,1-4H3,(H,24,29)(H,27,30)(H,23,25,26). The van der Waals surface area contributed by atoms with Crippen LogP contribution in [0.5, 0.6) is 5.75 Å². The number of alkyl carbamates (subject to hydrolysis) is 1. The molecule has 1 atom stereocenters. The molecule has 3 N–H and O–H groups in total. The van der Waals surface area contributed by atoms with E-state index in [1.807, 2.05) is 39.0 Å². The number of carbonyl (C=O) groups is 1. The van der Waals surface area contributed by atoms with Crippen molar-refractivity contribution in [2.45, 2.75) is 39.2 Å². The van der Waals surface area contributed by atoms with Gasteiger partial charge in [-0.2, -0.15) is 0 Å². The molecule has 11 heteroatoms. The number of benzene rings is 1. The van der Waals surface area contributed by atoms with Crippen LogP contribution in [0, 0.1) is 0 Å². The molecule has 0 saturated carbocycles. The lowest BCUT2D eigenvalue weighted by Gasteiger charge is -2.22. The Labute approximate surface area is 193 Å². The number of carbonyl (C=O) groups excluding carboxylic acids is 1. The summed E-state index contributed by atoms with van der Waals surface area (Å²) in [6.07, 6.45) is 3.98. The summed E-state index contributed by atoms with van der Waals surface area (Å²) in [5.74, 6) is 1.11. The molecule has 2 aromatic heterocycles. The highest BCUT2D eigenvalue weighted by Crippen LogP contribution is 2.47. The van der Waals surface area contributed by atoms with Crippen LogP contribution in [0.15, 0.2) is 48.9 Å². The predicted molar refractivity (Wildman–Crippen MR) is 129 cm³/mol. The van der Waals surface area contributed by atoms with Crippen molar-refractivity contribution in [1.82, 2.24) is 24.7 Å². The summed E-state index contributed by atoms with van der Waals surface area (Å²) < 4.78 is 26.7. The van der Waals surface area contributed by atoms with Crippen molar-refractivity contribution >= 4 is 30.6 Å². The first-order valence-corrected chi connectivity index (χ1v) is 12.4. The molecule has 1 aromatic carbocycles. The van der Waals surface area contributed by atoms with E-state index >= 15 is 0 Å². The zero-order valence-electron chi connectivity index (χ0n) is 19.4. The average Bonchev–Trinajstić information content (AvgIpc) is 3.21. The largest absolute Gasteiger partial charge is 0.444 e. The van der Waals surface area contributed by atoms with Crippen molar-refractivity contribution in [3.05, 3.63) is 48.9 Å². The summed E-state index contributed by atoms with van der Waals surface area (Å²) in [5, 5.41) is 9.55. The molecule has 2 heterocycles. The van der Waals surface area contributed by atoms with Crippen LogP contribution in [0.25, 0.3) is 11.0 Å². The van der Waals surface area contributed by atoms with E-state index in [4.69, 9.17) is 9.26 Å². The van der Waals surface area contributed by atoms with E-state index in [0.717, 1.165) is 5.39 Å². The van der Waals surface area contributed by atoms with Crippen LogP contribution >= 0.6 is 7.67 Å². The van der Waals surface area contributed by atoms with Crippen LogP contribution < -0.4 is 20.2 Å². The molecule has 178 valence electrons. The van der Waals surface area contributed by atoms with Crippen LogP contribution in [0.3, 0.4) is 0 Å². The van der Waals surface area contributed by atoms with Crippen molar-refractivity contribution in [2.24, 2.45) is 0 Å². The van der Waals surface area contributed by atoms with Gasteiger partial charge in [0, 0.05) is 26.3 Å². The summed E-state index contributed by atoms with van der Waals surface area (Å²) in [4.78, 5) is 20.3. The van der Waals surface area contributed by atoms with E-state index in [9.17, 15) is 9.36 Å². The molecule has 0 spiro atoms. The average molecular weight is 475 g/mol. The molecular weight excluding hydrogens is 443 g/mol. The van der Waals surface area contributed by atoms with E-state index in [0.29, 0.717) is 43.1 Å². The number of fused-ring (bicyclic) bond motifs is 1. The Morgan fingerprint density at radius 2 is 1.82 bits per heavy atom. The highest BCUT2D eigenvalue weighted by Gasteiger charge is 2.29. The van der Waals surface area contributed by atoms with Crippen molar-refractivity contribution < 1.29 is 18.6 Å². The first kappa shape index (κ1) is 24.5. The molecule has 0 saturated heterocycles. The van der Waals surface area contributed by atoms with Gasteiger partial charge in [-0.15, -0.1) is 0 Å². The topological polar surface area (TPSA) is 119 Å². The quantitative estimate of drug-likeness (QED) is 0.292. The third-order valence-electron chi connectivity index (χ3n) is 4.54. The maximum absolute atomic E-state index is 14.0. The molecule has 1 unspecified atom stereocenters. The van der Waals surface area contributed by atoms with E-state index in [-0.39, 0.29) is 0 Å². The van der Waals surface area contributed by atoms with Crippen LogP contribution in [-0.2, 0) is 9.30 Å². The molecule has 0 bridgehead atoms. The second-order valence-corrected chi connectivity index (χ2v) is 10.3. The Balaban J connectivity index is 1.68. The molecular formula is C22H31N6O4P. The number of hydrogen-bond donors (Lipinski definition) is 3. The number of amides is 1. The minimum Gasteiger partial charge on any atom is -0.444 e. The van der Waals surface area contributed by atoms with Crippen molar-refractivity contribution in [1.29, 1.82) is 0 Å². The van der Waals surface area contributed by atoms with Crippen LogP contribution in [-0.4, -0.2) is 46.1 Å². The second kappa shape index (κ2) is 10.7. The van der Waals surface area contributed by atoms with Crippen LogP contribution in [0.4, 0.5) is 10.6 Å². The van der Waals surface area contributed by atoms with Crippen molar-refractivity contribution in [3.63, 3.8) is 0 Å². The van der Waals surface area contributed by atoms with Gasteiger partial charge >= 0.3 is 13.8 Å². The Kier molecular flexibility index (Phi) is 7.94. The van der Waals surface area contributed by atoms with E-state index < -0.39 is 19.4 Å². The van der Waals surface area contributed by atoms with E-state index in [1.165, 1.54) is 10.7 Å². The smallest absolute Gasteiger partial charge is 0.425 e. The minimum absolute atomic E-state index is 0.406. The van der Waals surface area contributed by atoms with Gasteiger partial charge in [0.15, 0.2) is 5.65 Å². The number of unbranched alkanes of at least 4 members (excludes halogenated alkanes) is 1. The summed E-state index contributed by atoms with van der Waals surface area (Å²) >= 11 is 0. The van der Waals surface area contributed by atoms with Gasteiger partial charge in [-0.1, -0.05) is 18.2 Å². The third-order valence-corrected chi connectivity index (χ3v) is 6.51. The van der Waals surface area contributed by atoms with Gasteiger partial charge in [0.2, 0.25) is 0 Å². The molecule has 0 fully saturated rings. The molecule has 0 aliphatic carbocycles. The van der Waals surface area contributed by atoms with E-state index in [1.54, 1.807) is 31.4 Å². The minimum atomic E-state index is -3.58. The summed E-state index contributed by atoms with van der Waals surface area (Å²) in [6, 6.07) is 10.8. The predicted octanol–water partition coefficient (Wildman–Crippen LogP) is 4.40. The lowest BCUT2D eigenvalue weighted by molar-refractivity contribution is 0.0527. The zero-order chi connectivity index (χ0) is 23.9. The SMILES string of the molecule is CNc1ncnc2c1ccn2P(=O)(NCCCCNC(=O)OC(C)(C)C)Oc1ccccc1. The first-order chi connectivity index (χ1) is 15.7. The lowest BCUT2D eigenvalue weighted by Crippen LogP contribution is -2.33. The van der Waals surface area contributed by atoms with Gasteiger partial charge in [0.05, 0.1) is 5.39 Å². The maximum Gasteiger partial charge on any atom is 0.425 e. The number of rotatable bonds is 10. The van der Waals surface area contributed by atoms with Gasteiger partial charge in [0.1, 0.15) is 23.5 Å². The second-order valence-electron chi connectivity index (χ2n) is 8.34. The molecule has 3 aromatic rings. The molecule has 1 amide bonds. The number of nitrogens with zero attached hydrogens (tertiary/aromatic N) is 3. The van der Waals surface area contributed by atoms with Gasteiger partial charge < -0.3 is 19.9 Å². The summed E-state index contributed by atoms with van der Waals surface area (Å²) in [7, 11) is -1.81. The Morgan fingerprint density at radius 3 is 2.52 bits per heavy atom. The van der Waals surface area contributed by atoms with Crippen molar-refractivity contribution in [2.75, 3.05) is 25.5 Å². The number of anilines is 1. The maximum atomic E-state index is 14.0. The molecule has 33 heavy (non-hydrogen) atoms.